The summed E-state index contributed by atoms with van der Waals surface area (Å²) in [6, 6.07) is 4.36. The number of guanidine groups is 1. The Morgan fingerprint density at radius 3 is 2.95 bits per heavy atom. The fraction of sp³-hybridized carbons (Fsp3) is 0.467. The van der Waals surface area contributed by atoms with Crippen LogP contribution in [-0.2, 0) is 13.5 Å². The van der Waals surface area contributed by atoms with Gasteiger partial charge in [0.25, 0.3) is 0 Å². The van der Waals surface area contributed by atoms with Gasteiger partial charge in [0, 0.05) is 30.2 Å². The smallest absolute Gasteiger partial charge is 0.188 e. The topological polar surface area (TPSA) is 71.5 Å². The summed E-state index contributed by atoms with van der Waals surface area (Å²) in [6.07, 6.45) is 4.86. The molecule has 2 aromatic rings. The van der Waals surface area contributed by atoms with Gasteiger partial charge in [0.2, 0.25) is 0 Å². The average molecular weight is 320 g/mol. The molecule has 1 atom stereocenters. The van der Waals surface area contributed by atoms with Crippen molar-refractivity contribution in [1.82, 2.24) is 20.0 Å². The Morgan fingerprint density at radius 2 is 2.36 bits per heavy atom. The van der Waals surface area contributed by atoms with Crippen molar-refractivity contribution < 1.29 is 0 Å². The third-order valence-electron chi connectivity index (χ3n) is 3.43. The summed E-state index contributed by atoms with van der Waals surface area (Å²) >= 11 is 1.76. The predicted molar refractivity (Wildman–Crippen MR) is 92.2 cm³/mol. The zero-order valence-corrected chi connectivity index (χ0v) is 14.2. The molecule has 0 aliphatic heterocycles. The van der Waals surface area contributed by atoms with E-state index >= 15 is 0 Å². The molecule has 0 fully saturated rings. The fourth-order valence-corrected chi connectivity index (χ4v) is 2.90. The molecule has 7 heteroatoms. The summed E-state index contributed by atoms with van der Waals surface area (Å²) in [4.78, 5) is 7.93. The standard InChI is InChI=1S/C15H24N6S/c1-20(2)14(12-9-19-21(3)11-12)10-18-15(16)17-7-6-13-5-4-8-22-13/h4-5,8-9,11,14H,6-7,10H2,1-3H3,(H3,16,17,18). The van der Waals surface area contributed by atoms with Crippen LogP contribution in [0.25, 0.3) is 0 Å². The number of hydrogen-bond acceptors (Lipinski definition) is 4. The highest BCUT2D eigenvalue weighted by molar-refractivity contribution is 7.09. The molecule has 120 valence electrons. The highest BCUT2D eigenvalue weighted by atomic mass is 32.1. The first-order chi connectivity index (χ1) is 10.6. The van der Waals surface area contributed by atoms with Crippen molar-refractivity contribution in [2.24, 2.45) is 17.8 Å². The van der Waals surface area contributed by atoms with Crippen LogP contribution in [0.5, 0.6) is 0 Å². The Labute approximate surface area is 135 Å². The van der Waals surface area contributed by atoms with Crippen LogP contribution in [0.3, 0.4) is 0 Å². The summed E-state index contributed by atoms with van der Waals surface area (Å²) in [5, 5.41) is 9.47. The van der Waals surface area contributed by atoms with E-state index in [1.54, 1.807) is 16.0 Å². The molecule has 0 bridgehead atoms. The second-order valence-corrected chi connectivity index (χ2v) is 6.44. The largest absolute Gasteiger partial charge is 0.370 e. The Kier molecular flexibility index (Phi) is 5.97. The number of thiophene rings is 1. The van der Waals surface area contributed by atoms with Crippen LogP contribution in [0, 0.1) is 0 Å². The number of hydrogen-bond donors (Lipinski definition) is 2. The van der Waals surface area contributed by atoms with Gasteiger partial charge < -0.3 is 16.0 Å². The van der Waals surface area contributed by atoms with E-state index in [9.17, 15) is 0 Å². The Balaban J connectivity index is 1.84. The first kappa shape index (κ1) is 16.5. The molecule has 1 unspecified atom stereocenters. The lowest BCUT2D eigenvalue weighted by Gasteiger charge is -2.21. The second-order valence-electron chi connectivity index (χ2n) is 5.41. The molecule has 0 spiro atoms. The number of nitrogens with two attached hydrogens (primary N) is 1. The molecule has 2 aromatic heterocycles. The van der Waals surface area contributed by atoms with Crippen molar-refractivity contribution in [3.05, 3.63) is 40.3 Å². The lowest BCUT2D eigenvalue weighted by atomic mass is 10.1. The van der Waals surface area contributed by atoms with Crippen molar-refractivity contribution in [2.45, 2.75) is 12.5 Å². The quantitative estimate of drug-likeness (QED) is 0.595. The summed E-state index contributed by atoms with van der Waals surface area (Å²) < 4.78 is 1.80. The third kappa shape index (κ3) is 4.85. The maximum absolute atomic E-state index is 5.95. The molecule has 2 rings (SSSR count). The van der Waals surface area contributed by atoms with Crippen LogP contribution < -0.4 is 11.1 Å². The molecular formula is C15H24N6S. The van der Waals surface area contributed by atoms with Crippen molar-refractivity contribution >= 4 is 17.3 Å². The van der Waals surface area contributed by atoms with Gasteiger partial charge >= 0.3 is 0 Å². The van der Waals surface area contributed by atoms with E-state index in [1.165, 1.54) is 4.88 Å². The molecule has 0 saturated heterocycles. The minimum absolute atomic E-state index is 0.173. The number of rotatable bonds is 7. The minimum Gasteiger partial charge on any atom is -0.370 e. The van der Waals surface area contributed by atoms with Gasteiger partial charge in [-0.15, -0.1) is 11.3 Å². The van der Waals surface area contributed by atoms with E-state index in [0.29, 0.717) is 12.5 Å². The molecule has 22 heavy (non-hydrogen) atoms. The van der Waals surface area contributed by atoms with E-state index < -0.39 is 0 Å². The van der Waals surface area contributed by atoms with Crippen LogP contribution >= 0.6 is 11.3 Å². The van der Waals surface area contributed by atoms with E-state index in [2.05, 4.69) is 37.8 Å². The van der Waals surface area contributed by atoms with Crippen LogP contribution in [0.4, 0.5) is 0 Å². The Morgan fingerprint density at radius 1 is 1.55 bits per heavy atom. The number of nitrogens with zero attached hydrogens (tertiary/aromatic N) is 4. The van der Waals surface area contributed by atoms with Crippen LogP contribution in [0.15, 0.2) is 34.9 Å². The zero-order valence-electron chi connectivity index (χ0n) is 13.4. The second kappa shape index (κ2) is 7.95. The van der Waals surface area contributed by atoms with Gasteiger partial charge in [-0.2, -0.15) is 5.10 Å². The molecule has 0 aliphatic rings. The van der Waals surface area contributed by atoms with Gasteiger partial charge in [-0.05, 0) is 32.0 Å². The highest BCUT2D eigenvalue weighted by Crippen LogP contribution is 2.17. The molecule has 0 radical (unpaired) electrons. The predicted octanol–water partition coefficient (Wildman–Crippen LogP) is 1.23. The van der Waals surface area contributed by atoms with Gasteiger partial charge in [-0.3, -0.25) is 9.67 Å². The average Bonchev–Trinajstić information content (AvgIpc) is 3.11. The van der Waals surface area contributed by atoms with Gasteiger partial charge in [-0.25, -0.2) is 0 Å². The first-order valence-corrected chi connectivity index (χ1v) is 8.15. The number of nitrogens with one attached hydrogen (secondary N) is 1. The van der Waals surface area contributed by atoms with Gasteiger partial charge in [0.15, 0.2) is 5.96 Å². The van der Waals surface area contributed by atoms with E-state index in [1.807, 2.05) is 33.5 Å². The monoisotopic (exact) mass is 320 g/mol. The maximum atomic E-state index is 5.95. The Bertz CT molecular complexity index is 587. The normalized spacial score (nSPS) is 13.5. The van der Waals surface area contributed by atoms with Crippen molar-refractivity contribution in [3.63, 3.8) is 0 Å². The molecule has 0 amide bonds. The van der Waals surface area contributed by atoms with Crippen LogP contribution in [-0.4, -0.2) is 47.8 Å². The summed E-state index contributed by atoms with van der Waals surface area (Å²) in [7, 11) is 5.99. The maximum Gasteiger partial charge on any atom is 0.188 e. The van der Waals surface area contributed by atoms with Crippen LogP contribution in [0.1, 0.15) is 16.5 Å². The van der Waals surface area contributed by atoms with Crippen molar-refractivity contribution in [3.8, 4) is 0 Å². The summed E-state index contributed by atoms with van der Waals surface area (Å²) in [6.45, 7) is 1.41. The van der Waals surface area contributed by atoms with Gasteiger partial charge in [0.1, 0.15) is 0 Å². The van der Waals surface area contributed by atoms with Crippen LogP contribution in [0.2, 0.25) is 0 Å². The first-order valence-electron chi connectivity index (χ1n) is 7.27. The van der Waals surface area contributed by atoms with E-state index in [0.717, 1.165) is 18.5 Å². The van der Waals surface area contributed by atoms with Crippen molar-refractivity contribution in [1.29, 1.82) is 0 Å². The SMILES string of the molecule is CN(C)C(CN=C(N)NCCc1cccs1)c1cnn(C)c1. The lowest BCUT2D eigenvalue weighted by Crippen LogP contribution is -2.34. The van der Waals surface area contributed by atoms with E-state index in [4.69, 9.17) is 5.73 Å². The number of aliphatic imine (C=N–C) groups is 1. The lowest BCUT2D eigenvalue weighted by molar-refractivity contribution is 0.306. The molecule has 0 aromatic carbocycles. The number of aromatic nitrogens is 2. The van der Waals surface area contributed by atoms with Crippen molar-refractivity contribution in [2.75, 3.05) is 27.2 Å². The fourth-order valence-electron chi connectivity index (χ4n) is 2.19. The highest BCUT2D eigenvalue weighted by Gasteiger charge is 2.15. The number of likely N-dealkylation sites (N-methyl/N-ethyl adjacent to an activating group) is 1. The molecule has 0 aliphatic carbocycles. The van der Waals surface area contributed by atoms with E-state index in [-0.39, 0.29) is 6.04 Å². The third-order valence-corrected chi connectivity index (χ3v) is 4.36. The minimum atomic E-state index is 0.173. The molecular weight excluding hydrogens is 296 g/mol. The number of aryl methyl sites for hydroxylation is 1. The van der Waals surface area contributed by atoms with Gasteiger partial charge in [0.05, 0.1) is 18.8 Å². The summed E-state index contributed by atoms with van der Waals surface area (Å²) in [5.41, 5.74) is 7.09. The summed E-state index contributed by atoms with van der Waals surface area (Å²) in [5.74, 6) is 0.493. The Hall–Kier alpha value is -1.86. The van der Waals surface area contributed by atoms with Gasteiger partial charge in [-0.1, -0.05) is 6.07 Å². The zero-order chi connectivity index (χ0) is 15.9. The molecule has 2 heterocycles. The molecule has 3 N–H and O–H groups in total. The molecule has 6 nitrogen and oxygen atoms in total. The molecule has 0 saturated carbocycles.